The standard InChI is InChI=1S/C63H118O6/c1-4-7-10-13-16-19-22-25-27-29-30-31-32-34-35-38-41-44-47-50-53-56-62(65)68-59-60(58-67-61(64)55-52-49-46-43-40-37-24-21-18-15-12-9-6-3)69-63(66)57-54-51-48-45-42-39-36-33-28-26-23-20-17-14-11-8-5-2/h17,20,26,28,60H,4-16,18-19,21-25,27,29-59H2,1-3H3/b20-17-,28-26-. The first-order valence-corrected chi connectivity index (χ1v) is 30.8. The topological polar surface area (TPSA) is 78.9 Å². The fourth-order valence-corrected chi connectivity index (χ4v) is 9.30. The fourth-order valence-electron chi connectivity index (χ4n) is 9.30. The molecule has 0 fully saturated rings. The van der Waals surface area contributed by atoms with Crippen molar-refractivity contribution in [2.24, 2.45) is 0 Å². The molecule has 0 radical (unpaired) electrons. The van der Waals surface area contributed by atoms with E-state index in [1.807, 2.05) is 0 Å². The van der Waals surface area contributed by atoms with Gasteiger partial charge >= 0.3 is 17.9 Å². The third kappa shape index (κ3) is 56.7. The second-order valence-corrected chi connectivity index (χ2v) is 21.0. The Labute approximate surface area is 430 Å². The Morgan fingerprint density at radius 1 is 0.290 bits per heavy atom. The molecule has 0 amide bonds. The Bertz CT molecular complexity index is 1110. The van der Waals surface area contributed by atoms with Gasteiger partial charge in [0.25, 0.3) is 0 Å². The molecule has 406 valence electrons. The van der Waals surface area contributed by atoms with E-state index < -0.39 is 6.10 Å². The predicted molar refractivity (Wildman–Crippen MR) is 298 cm³/mol. The van der Waals surface area contributed by atoms with E-state index in [1.165, 1.54) is 231 Å². The normalized spacial score (nSPS) is 12.1. The average Bonchev–Trinajstić information content (AvgIpc) is 3.35. The lowest BCUT2D eigenvalue weighted by Crippen LogP contribution is -2.30. The number of ether oxygens (including phenoxy) is 3. The Morgan fingerprint density at radius 2 is 0.522 bits per heavy atom. The van der Waals surface area contributed by atoms with Crippen molar-refractivity contribution in [2.75, 3.05) is 13.2 Å². The fraction of sp³-hybridized carbons (Fsp3) is 0.889. The zero-order valence-corrected chi connectivity index (χ0v) is 46.6. The lowest BCUT2D eigenvalue weighted by atomic mass is 10.0. The van der Waals surface area contributed by atoms with Crippen LogP contribution in [0.15, 0.2) is 24.3 Å². The van der Waals surface area contributed by atoms with E-state index in [0.29, 0.717) is 19.3 Å². The van der Waals surface area contributed by atoms with Crippen LogP contribution in [0.4, 0.5) is 0 Å². The number of hydrogen-bond donors (Lipinski definition) is 0. The van der Waals surface area contributed by atoms with Gasteiger partial charge in [-0.25, -0.2) is 0 Å². The monoisotopic (exact) mass is 971 g/mol. The van der Waals surface area contributed by atoms with E-state index in [0.717, 1.165) is 70.6 Å². The summed E-state index contributed by atoms with van der Waals surface area (Å²) in [6, 6.07) is 0. The molecule has 0 bridgehead atoms. The molecule has 6 heteroatoms. The number of carbonyl (C=O) groups excluding carboxylic acids is 3. The van der Waals surface area contributed by atoms with Crippen LogP contribution in [0.3, 0.4) is 0 Å². The highest BCUT2D eigenvalue weighted by atomic mass is 16.6. The van der Waals surface area contributed by atoms with Crippen molar-refractivity contribution in [3.8, 4) is 0 Å². The third-order valence-electron chi connectivity index (χ3n) is 14.0. The molecular formula is C63H118O6. The highest BCUT2D eigenvalue weighted by Gasteiger charge is 2.19. The molecule has 1 unspecified atom stereocenters. The Kier molecular flexibility index (Phi) is 56.7. The Balaban J connectivity index is 4.28. The number of rotatable bonds is 57. The van der Waals surface area contributed by atoms with Gasteiger partial charge in [-0.05, 0) is 51.4 Å². The van der Waals surface area contributed by atoms with Gasteiger partial charge in [-0.3, -0.25) is 14.4 Å². The molecule has 0 spiro atoms. The molecule has 69 heavy (non-hydrogen) atoms. The van der Waals surface area contributed by atoms with Crippen LogP contribution in [0.25, 0.3) is 0 Å². The zero-order chi connectivity index (χ0) is 50.0. The largest absolute Gasteiger partial charge is 0.462 e. The van der Waals surface area contributed by atoms with Gasteiger partial charge in [-0.15, -0.1) is 0 Å². The second-order valence-electron chi connectivity index (χ2n) is 21.0. The first-order valence-electron chi connectivity index (χ1n) is 30.8. The van der Waals surface area contributed by atoms with Crippen molar-refractivity contribution >= 4 is 17.9 Å². The van der Waals surface area contributed by atoms with E-state index in [4.69, 9.17) is 14.2 Å². The maximum Gasteiger partial charge on any atom is 0.306 e. The van der Waals surface area contributed by atoms with Crippen molar-refractivity contribution < 1.29 is 28.6 Å². The molecule has 0 N–H and O–H groups in total. The van der Waals surface area contributed by atoms with Crippen LogP contribution >= 0.6 is 0 Å². The summed E-state index contributed by atoms with van der Waals surface area (Å²) in [7, 11) is 0. The Hall–Kier alpha value is -2.11. The third-order valence-corrected chi connectivity index (χ3v) is 14.0. The molecule has 0 saturated carbocycles. The minimum absolute atomic E-state index is 0.0687. The minimum Gasteiger partial charge on any atom is -0.462 e. The number of allylic oxidation sites excluding steroid dienone is 4. The van der Waals surface area contributed by atoms with Gasteiger partial charge in [-0.1, -0.05) is 295 Å². The number of carbonyl (C=O) groups is 3. The molecule has 0 heterocycles. The number of unbranched alkanes of at least 4 members (excludes halogenated alkanes) is 42. The lowest BCUT2D eigenvalue weighted by Gasteiger charge is -2.18. The van der Waals surface area contributed by atoms with Crippen LogP contribution in [-0.4, -0.2) is 37.2 Å². The summed E-state index contributed by atoms with van der Waals surface area (Å²) in [6.07, 6.45) is 68.9. The predicted octanol–water partition coefficient (Wildman–Crippen LogP) is 20.7. The van der Waals surface area contributed by atoms with Gasteiger partial charge in [0.2, 0.25) is 0 Å². The van der Waals surface area contributed by atoms with Gasteiger partial charge in [0, 0.05) is 19.3 Å². The van der Waals surface area contributed by atoms with E-state index in [9.17, 15) is 14.4 Å². The average molecular weight is 972 g/mol. The van der Waals surface area contributed by atoms with Crippen molar-refractivity contribution in [3.63, 3.8) is 0 Å². The first-order chi connectivity index (χ1) is 34.0. The van der Waals surface area contributed by atoms with Gasteiger partial charge in [0.15, 0.2) is 6.10 Å². The highest BCUT2D eigenvalue weighted by Crippen LogP contribution is 2.18. The van der Waals surface area contributed by atoms with Crippen LogP contribution in [0.5, 0.6) is 0 Å². The highest BCUT2D eigenvalue weighted by molar-refractivity contribution is 5.71. The maximum atomic E-state index is 12.9. The summed E-state index contributed by atoms with van der Waals surface area (Å²) in [5.74, 6) is -0.851. The van der Waals surface area contributed by atoms with Crippen molar-refractivity contribution in [1.82, 2.24) is 0 Å². The van der Waals surface area contributed by atoms with Crippen LogP contribution in [-0.2, 0) is 28.6 Å². The molecule has 0 aromatic heterocycles. The lowest BCUT2D eigenvalue weighted by molar-refractivity contribution is -0.167. The van der Waals surface area contributed by atoms with Gasteiger partial charge in [0.05, 0.1) is 0 Å². The van der Waals surface area contributed by atoms with Crippen LogP contribution in [0, 0.1) is 0 Å². The molecule has 0 aromatic carbocycles. The maximum absolute atomic E-state index is 12.9. The van der Waals surface area contributed by atoms with E-state index in [-0.39, 0.29) is 31.1 Å². The quantitative estimate of drug-likeness (QED) is 0.0261. The molecule has 6 nitrogen and oxygen atoms in total. The molecule has 0 rings (SSSR count). The van der Waals surface area contributed by atoms with E-state index in [1.54, 1.807) is 0 Å². The summed E-state index contributed by atoms with van der Waals surface area (Å²) >= 11 is 0. The minimum atomic E-state index is -0.771. The van der Waals surface area contributed by atoms with Crippen LogP contribution in [0.2, 0.25) is 0 Å². The smallest absolute Gasteiger partial charge is 0.306 e. The van der Waals surface area contributed by atoms with Crippen molar-refractivity contribution in [3.05, 3.63) is 24.3 Å². The van der Waals surface area contributed by atoms with Crippen molar-refractivity contribution in [2.45, 2.75) is 348 Å². The molecule has 0 saturated heterocycles. The Morgan fingerprint density at radius 3 is 0.826 bits per heavy atom. The zero-order valence-electron chi connectivity index (χ0n) is 46.6. The SMILES string of the molecule is CCCCC/C=C\C/C=C\CCCCCCCCCC(=O)OC(COC(=O)CCCCCCCCCCCCCCC)COC(=O)CCCCCCCCCCCCCCCCCCCCCCC. The van der Waals surface area contributed by atoms with Gasteiger partial charge < -0.3 is 14.2 Å². The van der Waals surface area contributed by atoms with E-state index >= 15 is 0 Å². The van der Waals surface area contributed by atoms with Crippen LogP contribution in [0.1, 0.15) is 342 Å². The van der Waals surface area contributed by atoms with Crippen molar-refractivity contribution in [1.29, 1.82) is 0 Å². The molecule has 0 aliphatic heterocycles. The summed E-state index contributed by atoms with van der Waals surface area (Å²) in [4.78, 5) is 38.2. The van der Waals surface area contributed by atoms with Gasteiger partial charge in [0.1, 0.15) is 13.2 Å². The number of hydrogen-bond acceptors (Lipinski definition) is 6. The van der Waals surface area contributed by atoms with Crippen LogP contribution < -0.4 is 0 Å². The summed E-state index contributed by atoms with van der Waals surface area (Å²) in [5, 5.41) is 0. The molecule has 0 aromatic rings. The number of esters is 3. The molecule has 0 aliphatic carbocycles. The summed E-state index contributed by atoms with van der Waals surface area (Å²) in [5.41, 5.74) is 0. The van der Waals surface area contributed by atoms with Gasteiger partial charge in [-0.2, -0.15) is 0 Å². The summed E-state index contributed by atoms with van der Waals surface area (Å²) in [6.45, 7) is 6.67. The molecule has 1 atom stereocenters. The molecular weight excluding hydrogens is 853 g/mol. The molecule has 0 aliphatic rings. The summed E-state index contributed by atoms with van der Waals surface area (Å²) < 4.78 is 16.9. The van der Waals surface area contributed by atoms with E-state index in [2.05, 4.69) is 45.1 Å². The first kappa shape index (κ1) is 66.9. The second kappa shape index (κ2) is 58.5.